The number of nitrogens with zero attached hydrogens (tertiary/aromatic N) is 1. The lowest BCUT2D eigenvalue weighted by molar-refractivity contribution is -0.124. The number of rotatable bonds is 3. The number of nitrogens with one attached hydrogen (secondary N) is 2. The van der Waals surface area contributed by atoms with Gasteiger partial charge in [-0.15, -0.1) is 0 Å². The van der Waals surface area contributed by atoms with Crippen molar-refractivity contribution >= 4 is 29.4 Å². The van der Waals surface area contributed by atoms with Gasteiger partial charge in [0.15, 0.2) is 0 Å². The summed E-state index contributed by atoms with van der Waals surface area (Å²) < 4.78 is 0. The van der Waals surface area contributed by atoms with Crippen molar-refractivity contribution in [3.8, 4) is 0 Å². The van der Waals surface area contributed by atoms with E-state index in [2.05, 4.69) is 10.7 Å². The van der Waals surface area contributed by atoms with Gasteiger partial charge in [0, 0.05) is 5.02 Å². The molecule has 0 spiro atoms. The average Bonchev–Trinajstić information content (AvgIpc) is 2.61. The molecule has 2 N–H and O–H groups in total. The van der Waals surface area contributed by atoms with Crippen LogP contribution in [-0.2, 0) is 16.0 Å². The standard InChI is InChI=1S/C11H10ClN3O3/c12-8-4-2-1-3-7(8)5-9(16)14-15-6-10(17)13-11(15)18/h1-4H,5-6H2,(H,14,16)(H,13,17,18). The summed E-state index contributed by atoms with van der Waals surface area (Å²) in [6, 6.07) is 6.29. The van der Waals surface area contributed by atoms with Crippen LogP contribution in [0.5, 0.6) is 0 Å². The molecule has 1 fully saturated rings. The number of carbonyl (C=O) groups excluding carboxylic acids is 3. The predicted octanol–water partition coefficient (Wildman–Crippen LogP) is 0.465. The predicted molar refractivity (Wildman–Crippen MR) is 63.5 cm³/mol. The van der Waals surface area contributed by atoms with Crippen LogP contribution < -0.4 is 10.7 Å². The van der Waals surface area contributed by atoms with E-state index >= 15 is 0 Å². The number of amides is 4. The fraction of sp³-hybridized carbons (Fsp3) is 0.182. The molecule has 1 aromatic carbocycles. The van der Waals surface area contributed by atoms with Gasteiger partial charge in [0.05, 0.1) is 6.42 Å². The number of hydrogen-bond acceptors (Lipinski definition) is 3. The van der Waals surface area contributed by atoms with E-state index in [9.17, 15) is 14.4 Å². The van der Waals surface area contributed by atoms with Gasteiger partial charge in [-0.05, 0) is 11.6 Å². The highest BCUT2D eigenvalue weighted by Crippen LogP contribution is 2.15. The molecule has 1 aromatic rings. The van der Waals surface area contributed by atoms with Crippen molar-refractivity contribution in [2.75, 3.05) is 6.54 Å². The highest BCUT2D eigenvalue weighted by Gasteiger charge is 2.28. The summed E-state index contributed by atoms with van der Waals surface area (Å²) in [6.45, 7) is -0.174. The molecule has 0 aromatic heterocycles. The molecule has 1 aliphatic heterocycles. The molecule has 1 aliphatic rings. The highest BCUT2D eigenvalue weighted by molar-refractivity contribution is 6.31. The van der Waals surface area contributed by atoms with Gasteiger partial charge >= 0.3 is 6.03 Å². The Morgan fingerprint density at radius 1 is 1.39 bits per heavy atom. The van der Waals surface area contributed by atoms with E-state index in [1.807, 2.05) is 0 Å². The van der Waals surface area contributed by atoms with Crippen molar-refractivity contribution < 1.29 is 14.4 Å². The third kappa shape index (κ3) is 2.78. The number of urea groups is 1. The van der Waals surface area contributed by atoms with Crippen molar-refractivity contribution in [3.63, 3.8) is 0 Å². The first-order valence-corrected chi connectivity index (χ1v) is 5.58. The van der Waals surface area contributed by atoms with Crippen molar-refractivity contribution in [2.45, 2.75) is 6.42 Å². The Bertz CT molecular complexity index is 518. The van der Waals surface area contributed by atoms with Gasteiger partial charge in [0.2, 0.25) is 11.8 Å². The first-order chi connectivity index (χ1) is 8.56. The minimum absolute atomic E-state index is 0.0393. The van der Waals surface area contributed by atoms with Crippen molar-refractivity contribution in [1.82, 2.24) is 15.8 Å². The molecule has 0 radical (unpaired) electrons. The van der Waals surface area contributed by atoms with Crippen LogP contribution in [-0.4, -0.2) is 29.4 Å². The number of hydrogen-bond donors (Lipinski definition) is 2. The molecule has 4 amide bonds. The second kappa shape index (κ2) is 5.05. The maximum Gasteiger partial charge on any atom is 0.343 e. The second-order valence-corrected chi connectivity index (χ2v) is 4.15. The molecule has 0 unspecified atom stereocenters. The van der Waals surface area contributed by atoms with Gasteiger partial charge in [-0.1, -0.05) is 29.8 Å². The third-order valence-corrected chi connectivity index (χ3v) is 2.73. The van der Waals surface area contributed by atoms with Crippen LogP contribution in [0.3, 0.4) is 0 Å². The molecule has 1 saturated heterocycles. The Balaban J connectivity index is 1.95. The maximum atomic E-state index is 11.7. The first-order valence-electron chi connectivity index (χ1n) is 5.20. The zero-order chi connectivity index (χ0) is 13.1. The van der Waals surface area contributed by atoms with E-state index in [0.717, 1.165) is 5.01 Å². The van der Waals surface area contributed by atoms with Crippen LogP contribution in [0.2, 0.25) is 5.02 Å². The molecular formula is C11H10ClN3O3. The molecular weight excluding hydrogens is 258 g/mol. The summed E-state index contributed by atoms with van der Waals surface area (Å²) in [5, 5.41) is 3.47. The zero-order valence-electron chi connectivity index (χ0n) is 9.27. The number of imide groups is 1. The quantitative estimate of drug-likeness (QED) is 0.781. The molecule has 0 bridgehead atoms. The van der Waals surface area contributed by atoms with Gasteiger partial charge < -0.3 is 0 Å². The molecule has 94 valence electrons. The van der Waals surface area contributed by atoms with E-state index in [-0.39, 0.29) is 13.0 Å². The van der Waals surface area contributed by atoms with Crippen molar-refractivity contribution in [1.29, 1.82) is 0 Å². The van der Waals surface area contributed by atoms with Crippen LogP contribution in [0.15, 0.2) is 24.3 Å². The number of carbonyl (C=O) groups is 3. The van der Waals surface area contributed by atoms with Crippen LogP contribution in [0.25, 0.3) is 0 Å². The summed E-state index contributed by atoms with van der Waals surface area (Å²) in [5.41, 5.74) is 2.99. The lowest BCUT2D eigenvalue weighted by atomic mass is 10.1. The summed E-state index contributed by atoms with van der Waals surface area (Å²) in [5.74, 6) is -0.856. The Kier molecular flexibility index (Phi) is 3.47. The molecule has 0 atom stereocenters. The fourth-order valence-corrected chi connectivity index (χ4v) is 1.74. The van der Waals surface area contributed by atoms with E-state index in [4.69, 9.17) is 11.6 Å². The van der Waals surface area contributed by atoms with E-state index < -0.39 is 17.8 Å². The molecule has 7 heteroatoms. The van der Waals surface area contributed by atoms with E-state index in [0.29, 0.717) is 10.6 Å². The molecule has 0 aliphatic carbocycles. The number of benzene rings is 1. The Labute approximate surface area is 108 Å². The molecule has 1 heterocycles. The molecule has 0 saturated carbocycles. The molecule has 2 rings (SSSR count). The first kappa shape index (κ1) is 12.4. The van der Waals surface area contributed by atoms with Gasteiger partial charge in [-0.25, -0.2) is 9.80 Å². The molecule has 18 heavy (non-hydrogen) atoms. The lowest BCUT2D eigenvalue weighted by Crippen LogP contribution is -2.44. The topological polar surface area (TPSA) is 78.5 Å². The van der Waals surface area contributed by atoms with Gasteiger partial charge in [-0.2, -0.15) is 0 Å². The Morgan fingerprint density at radius 3 is 2.72 bits per heavy atom. The summed E-state index contributed by atoms with van der Waals surface area (Å²) in [4.78, 5) is 33.8. The average molecular weight is 268 g/mol. The third-order valence-electron chi connectivity index (χ3n) is 2.36. The van der Waals surface area contributed by atoms with Crippen molar-refractivity contribution in [2.24, 2.45) is 0 Å². The molecule has 6 nitrogen and oxygen atoms in total. The summed E-state index contributed by atoms with van der Waals surface area (Å²) in [6.07, 6.45) is 0.0393. The smallest absolute Gasteiger partial charge is 0.275 e. The second-order valence-electron chi connectivity index (χ2n) is 3.74. The van der Waals surface area contributed by atoms with E-state index in [1.165, 1.54) is 0 Å². The van der Waals surface area contributed by atoms with Crippen LogP contribution in [0.4, 0.5) is 4.79 Å². The Morgan fingerprint density at radius 2 is 2.11 bits per heavy atom. The van der Waals surface area contributed by atoms with Crippen LogP contribution in [0, 0.1) is 0 Å². The largest absolute Gasteiger partial charge is 0.343 e. The van der Waals surface area contributed by atoms with E-state index in [1.54, 1.807) is 24.3 Å². The number of hydrazine groups is 1. The minimum atomic E-state index is -0.632. The van der Waals surface area contributed by atoms with Crippen molar-refractivity contribution in [3.05, 3.63) is 34.9 Å². The SMILES string of the molecule is O=C1CN(NC(=O)Cc2ccccc2Cl)C(=O)N1. The summed E-state index contributed by atoms with van der Waals surface area (Å²) in [7, 11) is 0. The fourth-order valence-electron chi connectivity index (χ4n) is 1.54. The minimum Gasteiger partial charge on any atom is -0.275 e. The highest BCUT2D eigenvalue weighted by atomic mass is 35.5. The summed E-state index contributed by atoms with van der Waals surface area (Å²) >= 11 is 5.91. The normalized spacial score (nSPS) is 14.6. The lowest BCUT2D eigenvalue weighted by Gasteiger charge is -2.14. The van der Waals surface area contributed by atoms with Crippen LogP contribution in [0.1, 0.15) is 5.56 Å². The maximum absolute atomic E-state index is 11.7. The van der Waals surface area contributed by atoms with Gasteiger partial charge in [0.1, 0.15) is 6.54 Å². The Hall–Kier alpha value is -2.08. The monoisotopic (exact) mass is 267 g/mol. The van der Waals surface area contributed by atoms with Crippen LogP contribution >= 0.6 is 11.6 Å². The van der Waals surface area contributed by atoms with Gasteiger partial charge in [0.25, 0.3) is 0 Å². The number of halogens is 1. The zero-order valence-corrected chi connectivity index (χ0v) is 10.0. The van der Waals surface area contributed by atoms with Gasteiger partial charge in [-0.3, -0.25) is 20.3 Å².